The topological polar surface area (TPSA) is 93.3 Å². The van der Waals surface area contributed by atoms with Gasteiger partial charge in [0.1, 0.15) is 16.8 Å². The van der Waals surface area contributed by atoms with Crippen LogP contribution in [-0.4, -0.2) is 16.4 Å². The number of nitrogens with one attached hydrogen (secondary N) is 2. The minimum absolute atomic E-state index is 0.193. The third kappa shape index (κ3) is 3.09. The summed E-state index contributed by atoms with van der Waals surface area (Å²) in [5, 5.41) is 0.611. The molecule has 0 saturated carbocycles. The first kappa shape index (κ1) is 16.0. The summed E-state index contributed by atoms with van der Waals surface area (Å²) in [5.41, 5.74) is 4.24. The molecule has 122 valence electrons. The molecule has 2 N–H and O–H groups in total. The summed E-state index contributed by atoms with van der Waals surface area (Å²) < 4.78 is 7.41. The largest absolute Gasteiger partial charge is 0.422 e. The molecular formula is C16H12BrN3O4. The Labute approximate surface area is 144 Å². The van der Waals surface area contributed by atoms with Gasteiger partial charge in [0.05, 0.1) is 0 Å². The number of rotatable bonds is 2. The van der Waals surface area contributed by atoms with Gasteiger partial charge in [0.25, 0.3) is 11.8 Å². The van der Waals surface area contributed by atoms with Crippen LogP contribution in [0.1, 0.15) is 20.8 Å². The molecule has 0 unspecified atom stereocenters. The summed E-state index contributed by atoms with van der Waals surface area (Å²) >= 11 is 3.26. The second-order valence-electron chi connectivity index (χ2n) is 5.05. The lowest BCUT2D eigenvalue weighted by Crippen LogP contribution is -2.43. The first-order valence-electron chi connectivity index (χ1n) is 6.91. The highest BCUT2D eigenvalue weighted by Crippen LogP contribution is 2.14. The van der Waals surface area contributed by atoms with E-state index in [9.17, 15) is 14.4 Å². The van der Waals surface area contributed by atoms with Gasteiger partial charge in [-0.3, -0.25) is 20.4 Å². The second-order valence-corrected chi connectivity index (χ2v) is 5.96. The van der Waals surface area contributed by atoms with E-state index in [0.717, 1.165) is 4.47 Å². The van der Waals surface area contributed by atoms with Crippen LogP contribution in [0.15, 0.2) is 56.3 Å². The van der Waals surface area contributed by atoms with Crippen molar-refractivity contribution in [3.05, 3.63) is 68.7 Å². The number of nitrogens with zero attached hydrogens (tertiary/aromatic N) is 1. The van der Waals surface area contributed by atoms with Crippen LogP contribution in [0.5, 0.6) is 0 Å². The smallest absolute Gasteiger partial charge is 0.349 e. The molecule has 0 aliphatic carbocycles. The third-order valence-corrected chi connectivity index (χ3v) is 3.81. The van der Waals surface area contributed by atoms with Gasteiger partial charge in [0.2, 0.25) is 0 Å². The Hall–Kier alpha value is -2.87. The van der Waals surface area contributed by atoms with Crippen LogP contribution in [0.2, 0.25) is 0 Å². The van der Waals surface area contributed by atoms with E-state index in [1.54, 1.807) is 48.1 Å². The van der Waals surface area contributed by atoms with Gasteiger partial charge in [-0.05, 0) is 34.1 Å². The van der Waals surface area contributed by atoms with Crippen LogP contribution in [0.4, 0.5) is 0 Å². The predicted octanol–water partition coefficient (Wildman–Crippen LogP) is 1.97. The summed E-state index contributed by atoms with van der Waals surface area (Å²) in [6.45, 7) is 0. The number of halogens is 1. The molecule has 0 aliphatic rings. The Morgan fingerprint density at radius 1 is 1.12 bits per heavy atom. The lowest BCUT2D eigenvalue weighted by Gasteiger charge is -2.07. The molecule has 0 atom stereocenters. The fourth-order valence-electron chi connectivity index (χ4n) is 2.22. The van der Waals surface area contributed by atoms with Crippen molar-refractivity contribution < 1.29 is 14.0 Å². The molecule has 0 radical (unpaired) electrons. The molecule has 7 nitrogen and oxygen atoms in total. The summed E-state index contributed by atoms with van der Waals surface area (Å²) in [5.74, 6) is -1.27. The highest BCUT2D eigenvalue weighted by molar-refractivity contribution is 9.10. The molecule has 24 heavy (non-hydrogen) atoms. The van der Waals surface area contributed by atoms with E-state index in [-0.39, 0.29) is 5.56 Å². The minimum Gasteiger partial charge on any atom is -0.422 e. The molecule has 3 rings (SSSR count). The van der Waals surface area contributed by atoms with Gasteiger partial charge in [-0.2, -0.15) is 0 Å². The number of hydrogen-bond donors (Lipinski definition) is 2. The highest BCUT2D eigenvalue weighted by Gasteiger charge is 2.16. The van der Waals surface area contributed by atoms with E-state index in [2.05, 4.69) is 26.8 Å². The molecule has 2 aromatic heterocycles. The van der Waals surface area contributed by atoms with Gasteiger partial charge < -0.3 is 8.98 Å². The molecule has 1 aromatic carbocycles. The number of carbonyl (C=O) groups excluding carboxylic acids is 2. The van der Waals surface area contributed by atoms with Gasteiger partial charge in [0, 0.05) is 23.1 Å². The fraction of sp³-hybridized carbons (Fsp3) is 0.0625. The molecule has 0 saturated heterocycles. The fourth-order valence-corrected chi connectivity index (χ4v) is 2.74. The van der Waals surface area contributed by atoms with E-state index >= 15 is 0 Å². The van der Waals surface area contributed by atoms with E-state index < -0.39 is 17.4 Å². The molecule has 8 heteroatoms. The predicted molar refractivity (Wildman–Crippen MR) is 90.5 cm³/mol. The highest BCUT2D eigenvalue weighted by atomic mass is 79.9. The lowest BCUT2D eigenvalue weighted by molar-refractivity contribution is 0.0840. The number of fused-ring (bicyclic) bond motifs is 1. The van der Waals surface area contributed by atoms with Crippen LogP contribution in [0.25, 0.3) is 11.0 Å². The van der Waals surface area contributed by atoms with Crippen LogP contribution >= 0.6 is 15.9 Å². The summed E-state index contributed by atoms with van der Waals surface area (Å²) in [6, 6.07) is 9.86. The van der Waals surface area contributed by atoms with Crippen molar-refractivity contribution in [2.45, 2.75) is 0 Å². The molecule has 2 amide bonds. The molecule has 0 aliphatic heterocycles. The van der Waals surface area contributed by atoms with Crippen LogP contribution < -0.4 is 16.5 Å². The lowest BCUT2D eigenvalue weighted by atomic mass is 10.2. The number of hydrazine groups is 1. The first-order valence-corrected chi connectivity index (χ1v) is 7.70. The maximum atomic E-state index is 12.1. The Balaban J connectivity index is 1.78. The Kier molecular flexibility index (Phi) is 4.22. The quantitative estimate of drug-likeness (QED) is 0.517. The van der Waals surface area contributed by atoms with Crippen molar-refractivity contribution in [1.29, 1.82) is 0 Å². The third-order valence-electron chi connectivity index (χ3n) is 3.38. The van der Waals surface area contributed by atoms with Crippen molar-refractivity contribution in [3.63, 3.8) is 0 Å². The molecule has 3 aromatic rings. The number of carbonyl (C=O) groups is 2. The number of para-hydroxylation sites is 1. The maximum absolute atomic E-state index is 12.1. The van der Waals surface area contributed by atoms with Crippen molar-refractivity contribution in [3.8, 4) is 0 Å². The van der Waals surface area contributed by atoms with Gasteiger partial charge in [-0.1, -0.05) is 18.2 Å². The van der Waals surface area contributed by atoms with Gasteiger partial charge in [0.15, 0.2) is 0 Å². The summed E-state index contributed by atoms with van der Waals surface area (Å²) in [6.07, 6.45) is 1.70. The van der Waals surface area contributed by atoms with E-state index in [0.29, 0.717) is 16.7 Å². The van der Waals surface area contributed by atoms with Gasteiger partial charge in [-0.15, -0.1) is 0 Å². The van der Waals surface area contributed by atoms with E-state index in [1.807, 2.05) is 0 Å². The first-order chi connectivity index (χ1) is 11.5. The SMILES string of the molecule is Cn1cc(Br)cc1C(=O)NNC(=O)c1cc2ccccc2oc1=O. The standard InChI is InChI=1S/C16H12BrN3O4/c1-20-8-10(17)7-12(20)15(22)19-18-14(21)11-6-9-4-2-3-5-13(9)24-16(11)23/h2-8H,1H3,(H,18,21)(H,19,22). The Morgan fingerprint density at radius 3 is 2.54 bits per heavy atom. The van der Waals surface area contributed by atoms with E-state index in [1.165, 1.54) is 6.07 Å². The average Bonchev–Trinajstić information content (AvgIpc) is 2.90. The molecule has 0 spiro atoms. The minimum atomic E-state index is -0.776. The molecule has 2 heterocycles. The van der Waals surface area contributed by atoms with Crippen molar-refractivity contribution >= 4 is 38.7 Å². The number of hydrogen-bond acceptors (Lipinski definition) is 4. The van der Waals surface area contributed by atoms with Crippen molar-refractivity contribution in [2.75, 3.05) is 0 Å². The summed E-state index contributed by atoms with van der Waals surface area (Å²) in [4.78, 5) is 36.1. The monoisotopic (exact) mass is 389 g/mol. The number of aryl methyl sites for hydroxylation is 1. The maximum Gasteiger partial charge on any atom is 0.349 e. The molecule has 0 bridgehead atoms. The second kappa shape index (κ2) is 6.32. The van der Waals surface area contributed by atoms with Gasteiger partial charge in [-0.25, -0.2) is 4.79 Å². The summed E-state index contributed by atoms with van der Waals surface area (Å²) in [7, 11) is 1.69. The number of aromatic nitrogens is 1. The number of benzene rings is 1. The number of amides is 2. The molecular weight excluding hydrogens is 378 g/mol. The average molecular weight is 390 g/mol. The van der Waals surface area contributed by atoms with Crippen molar-refractivity contribution in [1.82, 2.24) is 15.4 Å². The van der Waals surface area contributed by atoms with Crippen LogP contribution in [0, 0.1) is 0 Å². The van der Waals surface area contributed by atoms with E-state index in [4.69, 9.17) is 4.42 Å². The van der Waals surface area contributed by atoms with Crippen LogP contribution in [0.3, 0.4) is 0 Å². The zero-order valence-electron chi connectivity index (χ0n) is 12.5. The Morgan fingerprint density at radius 2 is 1.83 bits per heavy atom. The van der Waals surface area contributed by atoms with Crippen molar-refractivity contribution in [2.24, 2.45) is 7.05 Å². The zero-order valence-corrected chi connectivity index (χ0v) is 14.1. The van der Waals surface area contributed by atoms with Gasteiger partial charge >= 0.3 is 5.63 Å². The van der Waals surface area contributed by atoms with Crippen LogP contribution in [-0.2, 0) is 7.05 Å². The Bertz CT molecular complexity index is 1010. The zero-order chi connectivity index (χ0) is 17.3. The normalized spacial score (nSPS) is 10.6. The molecule has 0 fully saturated rings.